The standard InChI is InChI=1S/C8H15BrO3/c1-3-6(2)12-8(11)4-7(10)5-9/h6-7,10H,3-5H2,1-2H3. The first-order valence-electron chi connectivity index (χ1n) is 4.03. The lowest BCUT2D eigenvalue weighted by atomic mass is 10.3. The average molecular weight is 239 g/mol. The maximum atomic E-state index is 11.0. The Balaban J connectivity index is 3.59. The Bertz CT molecular complexity index is 124. The molecule has 0 bridgehead atoms. The summed E-state index contributed by atoms with van der Waals surface area (Å²) in [7, 11) is 0. The largest absolute Gasteiger partial charge is 0.463 e. The summed E-state index contributed by atoms with van der Waals surface area (Å²) in [6.07, 6.45) is 0.174. The number of esters is 1. The van der Waals surface area contributed by atoms with Gasteiger partial charge in [-0.25, -0.2) is 0 Å². The van der Waals surface area contributed by atoms with Crippen molar-refractivity contribution >= 4 is 21.9 Å². The van der Waals surface area contributed by atoms with Crippen LogP contribution in [-0.4, -0.2) is 28.6 Å². The van der Waals surface area contributed by atoms with Gasteiger partial charge < -0.3 is 9.84 Å². The number of halogens is 1. The van der Waals surface area contributed by atoms with Crippen LogP contribution in [0.25, 0.3) is 0 Å². The van der Waals surface area contributed by atoms with E-state index >= 15 is 0 Å². The molecule has 3 nitrogen and oxygen atoms in total. The van der Waals surface area contributed by atoms with Gasteiger partial charge >= 0.3 is 5.97 Å². The summed E-state index contributed by atoms with van der Waals surface area (Å²) in [6.45, 7) is 3.78. The van der Waals surface area contributed by atoms with Gasteiger partial charge in [-0.1, -0.05) is 22.9 Å². The molecule has 0 fully saturated rings. The zero-order valence-electron chi connectivity index (χ0n) is 7.42. The lowest BCUT2D eigenvalue weighted by molar-refractivity contribution is -0.150. The van der Waals surface area contributed by atoms with Crippen molar-refractivity contribution in [1.29, 1.82) is 0 Å². The number of ether oxygens (including phenoxy) is 1. The van der Waals surface area contributed by atoms with Crippen LogP contribution < -0.4 is 0 Å². The van der Waals surface area contributed by atoms with Crippen LogP contribution in [0.5, 0.6) is 0 Å². The van der Waals surface area contributed by atoms with Crippen LogP contribution >= 0.6 is 15.9 Å². The molecule has 0 radical (unpaired) electrons. The third-order valence-corrected chi connectivity index (χ3v) is 2.24. The third-order valence-electron chi connectivity index (χ3n) is 1.49. The minimum atomic E-state index is -0.637. The maximum Gasteiger partial charge on any atom is 0.308 e. The number of hydrogen-bond donors (Lipinski definition) is 1. The van der Waals surface area contributed by atoms with Crippen LogP contribution in [0.4, 0.5) is 0 Å². The highest BCUT2D eigenvalue weighted by molar-refractivity contribution is 9.09. The molecule has 1 N–H and O–H groups in total. The van der Waals surface area contributed by atoms with E-state index < -0.39 is 6.10 Å². The minimum absolute atomic E-state index is 0.0555. The molecule has 4 heteroatoms. The summed E-state index contributed by atoms with van der Waals surface area (Å²) in [5.41, 5.74) is 0. The number of hydrogen-bond acceptors (Lipinski definition) is 3. The lowest BCUT2D eigenvalue weighted by Crippen LogP contribution is -2.20. The summed E-state index contributed by atoms with van der Waals surface area (Å²) in [5, 5.41) is 9.47. The monoisotopic (exact) mass is 238 g/mol. The van der Waals surface area contributed by atoms with Crippen molar-refractivity contribution < 1.29 is 14.6 Å². The fraction of sp³-hybridized carbons (Fsp3) is 0.875. The van der Waals surface area contributed by atoms with Crippen LogP contribution in [-0.2, 0) is 9.53 Å². The molecule has 0 aromatic heterocycles. The maximum absolute atomic E-state index is 11.0. The molecule has 0 heterocycles. The van der Waals surface area contributed by atoms with E-state index in [2.05, 4.69) is 15.9 Å². The Morgan fingerprint density at radius 2 is 2.25 bits per heavy atom. The fourth-order valence-electron chi connectivity index (χ4n) is 0.603. The number of carbonyl (C=O) groups excluding carboxylic acids is 1. The van der Waals surface area contributed by atoms with E-state index in [1.165, 1.54) is 0 Å². The number of carbonyl (C=O) groups is 1. The Kier molecular flexibility index (Phi) is 6.38. The molecule has 0 rings (SSSR count). The molecule has 0 aliphatic heterocycles. The van der Waals surface area contributed by atoms with Gasteiger partial charge in [-0.15, -0.1) is 0 Å². The van der Waals surface area contributed by atoms with Crippen molar-refractivity contribution in [3.63, 3.8) is 0 Å². The molecule has 2 unspecified atom stereocenters. The van der Waals surface area contributed by atoms with Gasteiger partial charge in [0.05, 0.1) is 18.6 Å². The molecule has 12 heavy (non-hydrogen) atoms. The Labute approximate surface area is 81.2 Å². The highest BCUT2D eigenvalue weighted by Crippen LogP contribution is 2.02. The third kappa shape index (κ3) is 5.55. The van der Waals surface area contributed by atoms with Gasteiger partial charge in [-0.2, -0.15) is 0 Å². The van der Waals surface area contributed by atoms with Gasteiger partial charge in [0.1, 0.15) is 0 Å². The van der Waals surface area contributed by atoms with E-state index in [-0.39, 0.29) is 18.5 Å². The number of rotatable bonds is 5. The van der Waals surface area contributed by atoms with Crippen molar-refractivity contribution in [2.24, 2.45) is 0 Å². The number of alkyl halides is 1. The molecule has 0 aliphatic carbocycles. The van der Waals surface area contributed by atoms with Crippen molar-refractivity contribution in [2.45, 2.75) is 38.9 Å². The minimum Gasteiger partial charge on any atom is -0.463 e. The molecule has 0 aromatic rings. The molecule has 0 aliphatic rings. The highest BCUT2D eigenvalue weighted by atomic mass is 79.9. The molecular formula is C8H15BrO3. The number of aliphatic hydroxyl groups excluding tert-OH is 1. The lowest BCUT2D eigenvalue weighted by Gasteiger charge is -2.12. The number of aliphatic hydroxyl groups is 1. The second-order valence-corrected chi connectivity index (χ2v) is 3.37. The van der Waals surface area contributed by atoms with Gasteiger partial charge in [0.15, 0.2) is 0 Å². The molecule has 0 saturated carbocycles. The normalized spacial score (nSPS) is 15.3. The van der Waals surface area contributed by atoms with Gasteiger partial charge in [0.2, 0.25) is 0 Å². The van der Waals surface area contributed by atoms with E-state index in [0.717, 1.165) is 6.42 Å². The summed E-state index contributed by atoms with van der Waals surface area (Å²) in [5.74, 6) is -0.337. The fourth-order valence-corrected chi connectivity index (χ4v) is 0.832. The van der Waals surface area contributed by atoms with Crippen molar-refractivity contribution in [2.75, 3.05) is 5.33 Å². The van der Waals surface area contributed by atoms with Crippen LogP contribution in [0.15, 0.2) is 0 Å². The zero-order chi connectivity index (χ0) is 9.56. The molecule has 72 valence electrons. The van der Waals surface area contributed by atoms with Crippen molar-refractivity contribution in [1.82, 2.24) is 0 Å². The van der Waals surface area contributed by atoms with Gasteiger partial charge in [0, 0.05) is 5.33 Å². The molecule has 0 amide bonds. The van der Waals surface area contributed by atoms with Crippen LogP contribution in [0.3, 0.4) is 0 Å². The van der Waals surface area contributed by atoms with Gasteiger partial charge in [-0.3, -0.25) is 4.79 Å². The summed E-state index contributed by atoms with van der Waals surface area (Å²) in [4.78, 5) is 11.0. The van der Waals surface area contributed by atoms with Crippen LogP contribution in [0, 0.1) is 0 Å². The van der Waals surface area contributed by atoms with Crippen molar-refractivity contribution in [3.8, 4) is 0 Å². The Hall–Kier alpha value is -0.0900. The van der Waals surface area contributed by atoms with Crippen LogP contribution in [0.1, 0.15) is 26.7 Å². The van der Waals surface area contributed by atoms with E-state index in [0.29, 0.717) is 5.33 Å². The summed E-state index contributed by atoms with van der Waals surface area (Å²) < 4.78 is 4.95. The zero-order valence-corrected chi connectivity index (χ0v) is 9.00. The van der Waals surface area contributed by atoms with Gasteiger partial charge in [0.25, 0.3) is 0 Å². The summed E-state index contributed by atoms with van der Waals surface area (Å²) >= 11 is 3.07. The van der Waals surface area contributed by atoms with Crippen LogP contribution in [0.2, 0.25) is 0 Å². The predicted molar refractivity (Wildman–Crippen MR) is 50.3 cm³/mol. The average Bonchev–Trinajstić information content (AvgIpc) is 2.03. The van der Waals surface area contributed by atoms with Crippen molar-refractivity contribution in [3.05, 3.63) is 0 Å². The second kappa shape index (κ2) is 6.43. The topological polar surface area (TPSA) is 46.5 Å². The molecule has 2 atom stereocenters. The van der Waals surface area contributed by atoms with E-state index in [1.54, 1.807) is 0 Å². The first-order valence-corrected chi connectivity index (χ1v) is 5.15. The summed E-state index contributed by atoms with van der Waals surface area (Å²) in [6, 6.07) is 0. The second-order valence-electron chi connectivity index (χ2n) is 2.72. The highest BCUT2D eigenvalue weighted by Gasteiger charge is 2.12. The molecule has 0 saturated heterocycles. The smallest absolute Gasteiger partial charge is 0.308 e. The molecule has 0 aromatic carbocycles. The van der Waals surface area contributed by atoms with E-state index in [9.17, 15) is 4.79 Å². The molecular weight excluding hydrogens is 224 g/mol. The first kappa shape index (κ1) is 11.9. The quantitative estimate of drug-likeness (QED) is 0.583. The van der Waals surface area contributed by atoms with E-state index in [1.807, 2.05) is 13.8 Å². The van der Waals surface area contributed by atoms with Gasteiger partial charge in [-0.05, 0) is 13.3 Å². The Morgan fingerprint density at radius 1 is 1.67 bits per heavy atom. The predicted octanol–water partition coefficient (Wildman–Crippen LogP) is 1.47. The molecule has 0 spiro atoms. The Morgan fingerprint density at radius 3 is 2.67 bits per heavy atom. The first-order chi connectivity index (χ1) is 5.60. The van der Waals surface area contributed by atoms with E-state index in [4.69, 9.17) is 9.84 Å². The SMILES string of the molecule is CCC(C)OC(=O)CC(O)CBr.